The average molecular weight is 381 g/mol. The summed E-state index contributed by atoms with van der Waals surface area (Å²) in [5.74, 6) is 2.11. The Balaban J connectivity index is 1.42. The Labute approximate surface area is 165 Å². The Morgan fingerprint density at radius 2 is 1.68 bits per heavy atom. The van der Waals surface area contributed by atoms with Crippen molar-refractivity contribution in [2.75, 3.05) is 36.0 Å². The minimum Gasteiger partial charge on any atom is -0.353 e. The lowest BCUT2D eigenvalue weighted by molar-refractivity contribution is 0.0922. The number of piperazine rings is 1. The first kappa shape index (κ1) is 18.6. The molecule has 0 aromatic carbocycles. The molecule has 1 saturated heterocycles. The molecule has 2 fully saturated rings. The van der Waals surface area contributed by atoms with Gasteiger partial charge in [0, 0.05) is 50.7 Å². The Kier molecular flexibility index (Phi) is 5.64. The highest BCUT2D eigenvalue weighted by Gasteiger charge is 2.22. The molecule has 8 heteroatoms. The fraction of sp³-hybridized carbons (Fsp3) is 0.550. The second-order valence-electron chi connectivity index (χ2n) is 7.49. The zero-order chi connectivity index (χ0) is 19.3. The minimum absolute atomic E-state index is 0.0880. The van der Waals surface area contributed by atoms with E-state index in [1.54, 1.807) is 12.4 Å². The number of nitrogens with one attached hydrogen (secondary N) is 1. The van der Waals surface area contributed by atoms with Crippen LogP contribution in [0, 0.1) is 6.92 Å². The third-order valence-corrected chi connectivity index (χ3v) is 5.44. The second kappa shape index (κ2) is 8.50. The quantitative estimate of drug-likeness (QED) is 0.866. The molecule has 8 nitrogen and oxygen atoms in total. The molecule has 0 atom stereocenters. The molecule has 2 aliphatic rings. The number of rotatable bonds is 4. The number of aryl methyl sites for hydroxylation is 1. The Morgan fingerprint density at radius 1 is 1.00 bits per heavy atom. The van der Waals surface area contributed by atoms with Gasteiger partial charge in [0.2, 0.25) is 5.95 Å². The van der Waals surface area contributed by atoms with E-state index in [-0.39, 0.29) is 11.9 Å². The van der Waals surface area contributed by atoms with Crippen molar-refractivity contribution in [3.05, 3.63) is 36.0 Å². The van der Waals surface area contributed by atoms with Crippen LogP contribution >= 0.6 is 0 Å². The lowest BCUT2D eigenvalue weighted by atomic mass is 9.95. The van der Waals surface area contributed by atoms with Gasteiger partial charge in [-0.25, -0.2) is 19.9 Å². The maximum Gasteiger partial charge on any atom is 0.270 e. The molecular formula is C20H27N7O. The summed E-state index contributed by atoms with van der Waals surface area (Å²) < 4.78 is 0. The SMILES string of the molecule is Cc1nc(C(=O)NC2CCCCC2)cc(N2CCN(c3ncccn3)CC2)n1. The molecule has 0 radical (unpaired) electrons. The molecule has 1 aliphatic carbocycles. The van der Waals surface area contributed by atoms with Gasteiger partial charge >= 0.3 is 0 Å². The molecule has 4 rings (SSSR count). The van der Waals surface area contributed by atoms with Crippen molar-refractivity contribution >= 4 is 17.7 Å². The van der Waals surface area contributed by atoms with E-state index in [1.165, 1.54) is 19.3 Å². The molecule has 148 valence electrons. The van der Waals surface area contributed by atoms with E-state index in [1.807, 2.05) is 19.1 Å². The van der Waals surface area contributed by atoms with Crippen LogP contribution in [0.3, 0.4) is 0 Å². The lowest BCUT2D eigenvalue weighted by Crippen LogP contribution is -2.47. The van der Waals surface area contributed by atoms with Gasteiger partial charge in [0.25, 0.3) is 5.91 Å². The Morgan fingerprint density at radius 3 is 2.39 bits per heavy atom. The zero-order valence-electron chi connectivity index (χ0n) is 16.3. The summed E-state index contributed by atoms with van der Waals surface area (Å²) in [6.45, 7) is 5.08. The number of amides is 1. The molecule has 2 aromatic heterocycles. The van der Waals surface area contributed by atoms with Crippen LogP contribution < -0.4 is 15.1 Å². The maximum absolute atomic E-state index is 12.7. The van der Waals surface area contributed by atoms with E-state index >= 15 is 0 Å². The van der Waals surface area contributed by atoms with E-state index in [0.717, 1.165) is 50.8 Å². The third kappa shape index (κ3) is 4.37. The predicted molar refractivity (Wildman–Crippen MR) is 108 cm³/mol. The summed E-state index contributed by atoms with van der Waals surface area (Å²) in [6, 6.07) is 3.91. The van der Waals surface area contributed by atoms with Crippen LogP contribution in [0.15, 0.2) is 24.5 Å². The molecule has 1 aliphatic heterocycles. The number of carbonyl (C=O) groups is 1. The zero-order valence-corrected chi connectivity index (χ0v) is 16.3. The van der Waals surface area contributed by atoms with Crippen molar-refractivity contribution in [1.29, 1.82) is 0 Å². The van der Waals surface area contributed by atoms with E-state index < -0.39 is 0 Å². The van der Waals surface area contributed by atoms with Crippen molar-refractivity contribution in [2.24, 2.45) is 0 Å². The number of hydrogen-bond acceptors (Lipinski definition) is 7. The van der Waals surface area contributed by atoms with Crippen LogP contribution in [0.1, 0.15) is 48.4 Å². The summed E-state index contributed by atoms with van der Waals surface area (Å²) in [5.41, 5.74) is 0.460. The fourth-order valence-electron chi connectivity index (χ4n) is 3.93. The molecule has 2 aromatic rings. The smallest absolute Gasteiger partial charge is 0.270 e. The van der Waals surface area contributed by atoms with Gasteiger partial charge in [-0.05, 0) is 25.8 Å². The van der Waals surface area contributed by atoms with Gasteiger partial charge in [-0.2, -0.15) is 0 Å². The van der Waals surface area contributed by atoms with Gasteiger partial charge in [0.05, 0.1) is 0 Å². The highest BCUT2D eigenvalue weighted by Crippen LogP contribution is 2.20. The van der Waals surface area contributed by atoms with Gasteiger partial charge in [0.1, 0.15) is 17.3 Å². The summed E-state index contributed by atoms with van der Waals surface area (Å²) >= 11 is 0. The summed E-state index contributed by atoms with van der Waals surface area (Å²) in [6.07, 6.45) is 9.30. The van der Waals surface area contributed by atoms with Crippen molar-refractivity contribution < 1.29 is 4.79 Å². The van der Waals surface area contributed by atoms with Gasteiger partial charge in [-0.1, -0.05) is 19.3 Å². The molecule has 0 spiro atoms. The third-order valence-electron chi connectivity index (χ3n) is 5.44. The van der Waals surface area contributed by atoms with Crippen molar-refractivity contribution in [3.8, 4) is 0 Å². The van der Waals surface area contributed by atoms with Crippen molar-refractivity contribution in [3.63, 3.8) is 0 Å². The van der Waals surface area contributed by atoms with E-state index in [4.69, 9.17) is 0 Å². The molecule has 1 N–H and O–H groups in total. The number of anilines is 2. The highest BCUT2D eigenvalue weighted by molar-refractivity contribution is 5.93. The summed E-state index contributed by atoms with van der Waals surface area (Å²) in [7, 11) is 0. The molecule has 1 saturated carbocycles. The number of nitrogens with zero attached hydrogens (tertiary/aromatic N) is 6. The second-order valence-corrected chi connectivity index (χ2v) is 7.49. The topological polar surface area (TPSA) is 87.1 Å². The van der Waals surface area contributed by atoms with E-state index in [0.29, 0.717) is 11.5 Å². The van der Waals surface area contributed by atoms with Crippen LogP contribution in [0.2, 0.25) is 0 Å². The van der Waals surface area contributed by atoms with Crippen molar-refractivity contribution in [1.82, 2.24) is 25.3 Å². The lowest BCUT2D eigenvalue weighted by Gasteiger charge is -2.35. The van der Waals surface area contributed by atoms with Gasteiger partial charge in [-0.15, -0.1) is 0 Å². The van der Waals surface area contributed by atoms with Crippen LogP contribution in [-0.4, -0.2) is 58.1 Å². The monoisotopic (exact) mass is 381 g/mol. The van der Waals surface area contributed by atoms with Gasteiger partial charge in [-0.3, -0.25) is 4.79 Å². The normalized spacial score (nSPS) is 18.2. The van der Waals surface area contributed by atoms with E-state index in [9.17, 15) is 4.79 Å². The van der Waals surface area contributed by atoms with Crippen LogP contribution in [0.25, 0.3) is 0 Å². The largest absolute Gasteiger partial charge is 0.353 e. The van der Waals surface area contributed by atoms with Crippen LogP contribution in [0.5, 0.6) is 0 Å². The summed E-state index contributed by atoms with van der Waals surface area (Å²) in [5, 5.41) is 3.15. The molecule has 0 bridgehead atoms. The van der Waals surface area contributed by atoms with E-state index in [2.05, 4.69) is 35.1 Å². The minimum atomic E-state index is -0.0880. The molecule has 3 heterocycles. The van der Waals surface area contributed by atoms with Crippen LogP contribution in [0.4, 0.5) is 11.8 Å². The van der Waals surface area contributed by atoms with Gasteiger partial charge < -0.3 is 15.1 Å². The van der Waals surface area contributed by atoms with Crippen LogP contribution in [-0.2, 0) is 0 Å². The highest BCUT2D eigenvalue weighted by atomic mass is 16.1. The molecule has 1 amide bonds. The Bertz CT molecular complexity index is 799. The fourth-order valence-corrected chi connectivity index (χ4v) is 3.93. The Hall–Kier alpha value is -2.77. The first-order valence-electron chi connectivity index (χ1n) is 10.1. The molecular weight excluding hydrogens is 354 g/mol. The first-order chi connectivity index (χ1) is 13.7. The standard InChI is InChI=1S/C20H27N7O/c1-15-23-17(19(28)25-16-6-3-2-4-7-16)14-18(24-15)26-10-12-27(13-11-26)20-21-8-5-9-22-20/h5,8-9,14,16H,2-4,6-7,10-13H2,1H3,(H,25,28). The predicted octanol–water partition coefficient (Wildman–Crippen LogP) is 1.96. The number of hydrogen-bond donors (Lipinski definition) is 1. The molecule has 0 unspecified atom stereocenters. The summed E-state index contributed by atoms with van der Waals surface area (Å²) in [4.78, 5) is 34.7. The van der Waals surface area contributed by atoms with Crippen molar-refractivity contribution in [2.45, 2.75) is 45.1 Å². The first-order valence-corrected chi connectivity index (χ1v) is 10.1. The number of carbonyl (C=O) groups excluding carboxylic acids is 1. The molecule has 28 heavy (non-hydrogen) atoms. The van der Waals surface area contributed by atoms with Gasteiger partial charge in [0.15, 0.2) is 0 Å². The average Bonchev–Trinajstić information content (AvgIpc) is 2.75. The maximum atomic E-state index is 12.7. The number of aromatic nitrogens is 4.